The summed E-state index contributed by atoms with van der Waals surface area (Å²) in [7, 11) is 1.61. The number of carbonyl (C=O) groups excluding carboxylic acids is 1. The van der Waals surface area contributed by atoms with Crippen LogP contribution < -0.4 is 9.64 Å². The van der Waals surface area contributed by atoms with Crippen molar-refractivity contribution in [1.29, 1.82) is 0 Å². The standard InChI is InChI=1S/C18H17N5O2/c1-25-15-7-4-6-14(11-15)18-19-21-23(20-18)12-17(24)22-10-9-13-5-2-3-8-16(13)22/h2-8,11H,9-10,12H2,1H3. The van der Waals surface area contributed by atoms with Crippen LogP contribution in [0.25, 0.3) is 11.4 Å². The summed E-state index contributed by atoms with van der Waals surface area (Å²) in [6.45, 7) is 0.751. The normalized spacial score (nSPS) is 12.9. The van der Waals surface area contributed by atoms with Crippen molar-refractivity contribution in [2.24, 2.45) is 0 Å². The average Bonchev–Trinajstić information content (AvgIpc) is 3.28. The smallest absolute Gasteiger partial charge is 0.250 e. The number of benzene rings is 2. The number of carbonyl (C=O) groups is 1. The maximum absolute atomic E-state index is 12.6. The molecule has 0 fully saturated rings. The molecule has 0 aliphatic carbocycles. The molecule has 25 heavy (non-hydrogen) atoms. The number of methoxy groups -OCH3 is 1. The van der Waals surface area contributed by atoms with Gasteiger partial charge in [0.1, 0.15) is 12.3 Å². The first-order valence-corrected chi connectivity index (χ1v) is 8.05. The summed E-state index contributed by atoms with van der Waals surface area (Å²) in [6.07, 6.45) is 0.877. The number of ether oxygens (including phenoxy) is 1. The van der Waals surface area contributed by atoms with Crippen molar-refractivity contribution in [3.8, 4) is 17.1 Å². The number of amides is 1. The maximum Gasteiger partial charge on any atom is 0.250 e. The summed E-state index contributed by atoms with van der Waals surface area (Å²) in [5.74, 6) is 1.15. The second-order valence-electron chi connectivity index (χ2n) is 5.80. The summed E-state index contributed by atoms with van der Waals surface area (Å²) in [6, 6.07) is 15.4. The third kappa shape index (κ3) is 2.96. The van der Waals surface area contributed by atoms with Crippen LogP contribution in [-0.2, 0) is 17.8 Å². The van der Waals surface area contributed by atoms with Crippen molar-refractivity contribution in [2.45, 2.75) is 13.0 Å². The molecule has 7 nitrogen and oxygen atoms in total. The summed E-state index contributed by atoms with van der Waals surface area (Å²) < 4.78 is 5.20. The number of hydrogen-bond donors (Lipinski definition) is 0. The van der Waals surface area contributed by atoms with Crippen LogP contribution in [0.3, 0.4) is 0 Å². The number of hydrogen-bond acceptors (Lipinski definition) is 5. The van der Waals surface area contributed by atoms with E-state index in [0.29, 0.717) is 12.4 Å². The minimum absolute atomic E-state index is 0.0421. The van der Waals surface area contributed by atoms with E-state index in [9.17, 15) is 4.79 Å². The van der Waals surface area contributed by atoms with Gasteiger partial charge in [-0.3, -0.25) is 4.79 Å². The quantitative estimate of drug-likeness (QED) is 0.728. The van der Waals surface area contributed by atoms with Gasteiger partial charge in [0, 0.05) is 17.8 Å². The zero-order valence-corrected chi connectivity index (χ0v) is 13.8. The number of fused-ring (bicyclic) bond motifs is 1. The van der Waals surface area contributed by atoms with Gasteiger partial charge in [-0.25, -0.2) is 0 Å². The summed E-state index contributed by atoms with van der Waals surface area (Å²) >= 11 is 0. The molecular formula is C18H17N5O2. The zero-order chi connectivity index (χ0) is 17.2. The highest BCUT2D eigenvalue weighted by Crippen LogP contribution is 2.27. The van der Waals surface area contributed by atoms with E-state index < -0.39 is 0 Å². The van der Waals surface area contributed by atoms with E-state index in [0.717, 1.165) is 23.4 Å². The molecule has 3 aromatic rings. The highest BCUT2D eigenvalue weighted by atomic mass is 16.5. The van der Waals surface area contributed by atoms with Gasteiger partial charge in [0.15, 0.2) is 0 Å². The molecule has 2 aromatic carbocycles. The van der Waals surface area contributed by atoms with Gasteiger partial charge in [0.25, 0.3) is 5.91 Å². The van der Waals surface area contributed by atoms with Crippen molar-refractivity contribution in [2.75, 3.05) is 18.6 Å². The fraction of sp³-hybridized carbons (Fsp3) is 0.222. The molecule has 1 aliphatic rings. The molecule has 0 saturated heterocycles. The lowest BCUT2D eigenvalue weighted by Gasteiger charge is -2.16. The van der Waals surface area contributed by atoms with Crippen LogP contribution >= 0.6 is 0 Å². The number of rotatable bonds is 4. The molecule has 1 amide bonds. The molecule has 1 aliphatic heterocycles. The van der Waals surface area contributed by atoms with Gasteiger partial charge in [0.2, 0.25) is 5.82 Å². The van der Waals surface area contributed by atoms with Gasteiger partial charge in [-0.1, -0.05) is 30.3 Å². The minimum atomic E-state index is -0.0421. The van der Waals surface area contributed by atoms with E-state index in [2.05, 4.69) is 21.5 Å². The van der Waals surface area contributed by atoms with E-state index in [1.165, 1.54) is 10.4 Å². The Morgan fingerprint density at radius 2 is 2.08 bits per heavy atom. The molecule has 0 radical (unpaired) electrons. The summed E-state index contributed by atoms with van der Waals surface area (Å²) in [5, 5.41) is 12.4. The molecule has 0 spiro atoms. The van der Waals surface area contributed by atoms with Crippen LogP contribution in [0.5, 0.6) is 5.75 Å². The lowest BCUT2D eigenvalue weighted by molar-refractivity contribution is -0.119. The first-order valence-electron chi connectivity index (χ1n) is 8.05. The van der Waals surface area contributed by atoms with Crippen molar-refractivity contribution >= 4 is 11.6 Å². The Balaban J connectivity index is 1.51. The molecule has 7 heteroatoms. The Morgan fingerprint density at radius 1 is 1.20 bits per heavy atom. The third-order valence-corrected chi connectivity index (χ3v) is 4.25. The third-order valence-electron chi connectivity index (χ3n) is 4.25. The van der Waals surface area contributed by atoms with Crippen LogP contribution in [0, 0.1) is 0 Å². The van der Waals surface area contributed by atoms with E-state index >= 15 is 0 Å². The van der Waals surface area contributed by atoms with Gasteiger partial charge >= 0.3 is 0 Å². The van der Waals surface area contributed by atoms with Gasteiger partial charge < -0.3 is 9.64 Å². The van der Waals surface area contributed by atoms with Crippen molar-refractivity contribution in [1.82, 2.24) is 20.2 Å². The molecule has 0 saturated carbocycles. The minimum Gasteiger partial charge on any atom is -0.497 e. The van der Waals surface area contributed by atoms with Gasteiger partial charge in [-0.05, 0) is 35.4 Å². The van der Waals surface area contributed by atoms with Crippen LogP contribution in [0.2, 0.25) is 0 Å². The zero-order valence-electron chi connectivity index (χ0n) is 13.8. The van der Waals surface area contributed by atoms with Crippen LogP contribution in [0.15, 0.2) is 48.5 Å². The lowest BCUT2D eigenvalue weighted by atomic mass is 10.2. The monoisotopic (exact) mass is 335 g/mol. The molecule has 2 heterocycles. The number of nitrogens with zero attached hydrogens (tertiary/aromatic N) is 5. The molecule has 0 atom stereocenters. The predicted molar refractivity (Wildman–Crippen MR) is 92.3 cm³/mol. The first-order chi connectivity index (χ1) is 12.2. The van der Waals surface area contributed by atoms with Crippen molar-refractivity contribution in [3.05, 3.63) is 54.1 Å². The van der Waals surface area contributed by atoms with Crippen molar-refractivity contribution in [3.63, 3.8) is 0 Å². The second kappa shape index (κ2) is 6.35. The van der Waals surface area contributed by atoms with E-state index in [-0.39, 0.29) is 12.5 Å². The molecule has 1 aromatic heterocycles. The molecule has 0 bridgehead atoms. The van der Waals surface area contributed by atoms with Crippen LogP contribution in [-0.4, -0.2) is 39.8 Å². The highest BCUT2D eigenvalue weighted by Gasteiger charge is 2.24. The second-order valence-corrected chi connectivity index (χ2v) is 5.80. The molecule has 0 unspecified atom stereocenters. The summed E-state index contributed by atoms with van der Waals surface area (Å²) in [4.78, 5) is 15.7. The van der Waals surface area contributed by atoms with E-state index in [1.807, 2.05) is 42.5 Å². The molecule has 126 valence electrons. The van der Waals surface area contributed by atoms with Crippen molar-refractivity contribution < 1.29 is 9.53 Å². The van der Waals surface area contributed by atoms with Crippen LogP contribution in [0.4, 0.5) is 5.69 Å². The maximum atomic E-state index is 12.6. The highest BCUT2D eigenvalue weighted by molar-refractivity contribution is 5.95. The van der Waals surface area contributed by atoms with E-state index in [4.69, 9.17) is 4.74 Å². The predicted octanol–water partition coefficient (Wildman–Crippen LogP) is 1.94. The largest absolute Gasteiger partial charge is 0.497 e. The van der Waals surface area contributed by atoms with Gasteiger partial charge in [-0.2, -0.15) is 4.80 Å². The SMILES string of the molecule is COc1cccc(-c2nnn(CC(=O)N3CCc4ccccc43)n2)c1. The van der Waals surface area contributed by atoms with Gasteiger partial charge in [-0.15, -0.1) is 10.2 Å². The molecule has 0 N–H and O–H groups in total. The number of aromatic nitrogens is 4. The Labute approximate surface area is 144 Å². The molecular weight excluding hydrogens is 318 g/mol. The first kappa shape index (κ1) is 15.3. The van der Waals surface area contributed by atoms with Gasteiger partial charge in [0.05, 0.1) is 7.11 Å². The van der Waals surface area contributed by atoms with Crippen LogP contribution in [0.1, 0.15) is 5.56 Å². The Morgan fingerprint density at radius 3 is 2.96 bits per heavy atom. The summed E-state index contributed by atoms with van der Waals surface area (Å²) in [5.41, 5.74) is 2.96. The number of tetrazole rings is 1. The Kier molecular flexibility index (Phi) is 3.89. The molecule has 4 rings (SSSR count). The Bertz CT molecular complexity index is 921. The number of anilines is 1. The fourth-order valence-electron chi connectivity index (χ4n) is 2.99. The van der Waals surface area contributed by atoms with E-state index in [1.54, 1.807) is 12.0 Å². The fourth-order valence-corrected chi connectivity index (χ4v) is 2.99. The average molecular weight is 335 g/mol. The lowest BCUT2D eigenvalue weighted by Crippen LogP contribution is -2.32. The Hall–Kier alpha value is -3.22. The topological polar surface area (TPSA) is 73.1 Å². The number of para-hydroxylation sites is 1.